The maximum atomic E-state index is 4.47. The first-order chi connectivity index (χ1) is 9.60. The van der Waals surface area contributed by atoms with Gasteiger partial charge in [0.05, 0.1) is 0 Å². The molecule has 2 nitrogen and oxygen atoms in total. The average molecular weight is 268 g/mol. The zero-order valence-electron chi connectivity index (χ0n) is 12.9. The number of nitrogens with one attached hydrogen (secondary N) is 1. The molecule has 0 saturated carbocycles. The Morgan fingerprint density at radius 3 is 2.30 bits per heavy atom. The second kappa shape index (κ2) is 6.67. The van der Waals surface area contributed by atoms with Gasteiger partial charge < -0.3 is 5.32 Å². The van der Waals surface area contributed by atoms with Gasteiger partial charge in [-0.05, 0) is 62.6 Å². The molecule has 20 heavy (non-hydrogen) atoms. The van der Waals surface area contributed by atoms with E-state index in [1.807, 2.05) is 0 Å². The van der Waals surface area contributed by atoms with Gasteiger partial charge in [0.15, 0.2) is 0 Å². The van der Waals surface area contributed by atoms with Crippen LogP contribution in [0.5, 0.6) is 0 Å². The highest BCUT2D eigenvalue weighted by Crippen LogP contribution is 2.21. The highest BCUT2D eigenvalue weighted by molar-refractivity contribution is 5.30. The van der Waals surface area contributed by atoms with Crippen LogP contribution in [0.2, 0.25) is 0 Å². The first-order valence-electron chi connectivity index (χ1n) is 7.33. The predicted octanol–water partition coefficient (Wildman–Crippen LogP) is 3.90. The lowest BCUT2D eigenvalue weighted by Crippen LogP contribution is -2.23. The number of benzene rings is 1. The van der Waals surface area contributed by atoms with E-state index in [1.165, 1.54) is 16.7 Å². The van der Waals surface area contributed by atoms with Crippen LogP contribution in [0.25, 0.3) is 0 Å². The van der Waals surface area contributed by atoms with Crippen LogP contribution in [0.1, 0.15) is 41.0 Å². The molecular weight excluding hydrogens is 244 g/mol. The Hall–Kier alpha value is -1.67. The lowest BCUT2D eigenvalue weighted by Gasteiger charge is -2.20. The van der Waals surface area contributed by atoms with Crippen molar-refractivity contribution in [3.63, 3.8) is 0 Å². The maximum absolute atomic E-state index is 4.47. The molecule has 1 N–H and O–H groups in total. The van der Waals surface area contributed by atoms with Crippen LogP contribution in [0.4, 0.5) is 0 Å². The number of hydrogen-bond donors (Lipinski definition) is 1. The second-order valence-corrected chi connectivity index (χ2v) is 5.42. The summed E-state index contributed by atoms with van der Waals surface area (Å²) in [5.74, 6) is 0. The third-order valence-corrected chi connectivity index (χ3v) is 3.64. The molecule has 0 saturated heterocycles. The normalized spacial score (nSPS) is 12.4. The molecule has 0 radical (unpaired) electrons. The van der Waals surface area contributed by atoms with E-state index in [0.29, 0.717) is 6.04 Å². The second-order valence-electron chi connectivity index (χ2n) is 5.42. The lowest BCUT2D eigenvalue weighted by molar-refractivity contribution is 0.547. The Labute approximate surface area is 122 Å². The van der Waals surface area contributed by atoms with Gasteiger partial charge in [0.1, 0.15) is 0 Å². The SMILES string of the molecule is CCNC(Cc1ccccc1C)c1cc(C)nc(C)c1. The Morgan fingerprint density at radius 2 is 1.70 bits per heavy atom. The minimum Gasteiger partial charge on any atom is -0.310 e. The van der Waals surface area contributed by atoms with Gasteiger partial charge in [-0.15, -0.1) is 0 Å². The molecule has 1 aromatic carbocycles. The van der Waals surface area contributed by atoms with Crippen LogP contribution in [-0.4, -0.2) is 11.5 Å². The molecule has 0 amide bonds. The molecule has 0 aliphatic carbocycles. The Morgan fingerprint density at radius 1 is 1.05 bits per heavy atom. The highest BCUT2D eigenvalue weighted by atomic mass is 14.9. The van der Waals surface area contributed by atoms with Gasteiger partial charge in [-0.25, -0.2) is 0 Å². The fourth-order valence-electron chi connectivity index (χ4n) is 2.68. The smallest absolute Gasteiger partial charge is 0.0379 e. The molecule has 2 heteroatoms. The summed E-state index contributed by atoms with van der Waals surface area (Å²) in [6.07, 6.45) is 1.02. The van der Waals surface area contributed by atoms with Crippen molar-refractivity contribution in [2.24, 2.45) is 0 Å². The molecule has 1 unspecified atom stereocenters. The van der Waals surface area contributed by atoms with Gasteiger partial charge in [0, 0.05) is 17.4 Å². The van der Waals surface area contributed by atoms with Crippen LogP contribution in [0, 0.1) is 20.8 Å². The van der Waals surface area contributed by atoms with Crippen LogP contribution in [0.3, 0.4) is 0 Å². The van der Waals surface area contributed by atoms with Crippen molar-refractivity contribution in [2.45, 2.75) is 40.2 Å². The highest BCUT2D eigenvalue weighted by Gasteiger charge is 2.13. The first-order valence-corrected chi connectivity index (χ1v) is 7.33. The molecule has 0 aliphatic rings. The number of nitrogens with zero attached hydrogens (tertiary/aromatic N) is 1. The number of rotatable bonds is 5. The quantitative estimate of drug-likeness (QED) is 0.889. The van der Waals surface area contributed by atoms with Crippen LogP contribution < -0.4 is 5.32 Å². The molecule has 1 atom stereocenters. The third-order valence-electron chi connectivity index (χ3n) is 3.64. The van der Waals surface area contributed by atoms with E-state index in [4.69, 9.17) is 0 Å². The first kappa shape index (κ1) is 14.7. The molecule has 0 spiro atoms. The summed E-state index contributed by atoms with van der Waals surface area (Å²) < 4.78 is 0. The van der Waals surface area contributed by atoms with Gasteiger partial charge in [-0.1, -0.05) is 31.2 Å². The summed E-state index contributed by atoms with van der Waals surface area (Å²) in [5, 5.41) is 3.60. The van der Waals surface area contributed by atoms with Crippen molar-refractivity contribution in [2.75, 3.05) is 6.54 Å². The number of pyridine rings is 1. The summed E-state index contributed by atoms with van der Waals surface area (Å²) >= 11 is 0. The van der Waals surface area contributed by atoms with E-state index >= 15 is 0 Å². The molecule has 0 bridgehead atoms. The van der Waals surface area contributed by atoms with Gasteiger partial charge in [0.2, 0.25) is 0 Å². The molecule has 1 heterocycles. The Bertz CT molecular complexity index is 555. The molecule has 2 aromatic rings. The predicted molar refractivity (Wildman–Crippen MR) is 85.0 cm³/mol. The van der Waals surface area contributed by atoms with Crippen molar-refractivity contribution in [1.29, 1.82) is 0 Å². The summed E-state index contributed by atoms with van der Waals surface area (Å²) in [7, 11) is 0. The maximum Gasteiger partial charge on any atom is 0.0379 e. The number of aromatic nitrogens is 1. The number of aryl methyl sites for hydroxylation is 3. The standard InChI is InChI=1S/C18H24N2/c1-5-19-18(12-16-9-7-6-8-13(16)2)17-10-14(3)20-15(4)11-17/h6-11,18-19H,5,12H2,1-4H3. The van der Waals surface area contributed by atoms with E-state index in [2.05, 4.69) is 74.4 Å². The number of hydrogen-bond acceptors (Lipinski definition) is 2. The van der Waals surface area contributed by atoms with Crippen molar-refractivity contribution < 1.29 is 0 Å². The Balaban J connectivity index is 2.29. The van der Waals surface area contributed by atoms with Crippen molar-refractivity contribution in [3.8, 4) is 0 Å². The van der Waals surface area contributed by atoms with Crippen LogP contribution in [0.15, 0.2) is 36.4 Å². The minimum atomic E-state index is 0.349. The summed E-state index contributed by atoms with van der Waals surface area (Å²) in [4.78, 5) is 4.47. The molecule has 2 rings (SSSR count). The van der Waals surface area contributed by atoms with Crippen LogP contribution in [-0.2, 0) is 6.42 Å². The molecular formula is C18H24N2. The van der Waals surface area contributed by atoms with E-state index in [-0.39, 0.29) is 0 Å². The average Bonchev–Trinajstić information content (AvgIpc) is 2.39. The zero-order chi connectivity index (χ0) is 14.5. The van der Waals surface area contributed by atoms with E-state index in [9.17, 15) is 0 Å². The summed E-state index contributed by atoms with van der Waals surface area (Å²) in [5.41, 5.74) is 6.28. The lowest BCUT2D eigenvalue weighted by atomic mass is 9.95. The largest absolute Gasteiger partial charge is 0.310 e. The fraction of sp³-hybridized carbons (Fsp3) is 0.389. The van der Waals surface area contributed by atoms with Gasteiger partial charge >= 0.3 is 0 Å². The zero-order valence-corrected chi connectivity index (χ0v) is 12.9. The van der Waals surface area contributed by atoms with Crippen molar-refractivity contribution in [3.05, 3.63) is 64.5 Å². The van der Waals surface area contributed by atoms with E-state index < -0.39 is 0 Å². The number of likely N-dealkylation sites (N-methyl/N-ethyl adjacent to an activating group) is 1. The molecule has 1 aromatic heterocycles. The summed E-state index contributed by atoms with van der Waals surface area (Å²) in [6, 6.07) is 13.4. The van der Waals surface area contributed by atoms with Crippen molar-refractivity contribution in [1.82, 2.24) is 10.3 Å². The monoisotopic (exact) mass is 268 g/mol. The van der Waals surface area contributed by atoms with Crippen LogP contribution >= 0.6 is 0 Å². The van der Waals surface area contributed by atoms with Gasteiger partial charge in [-0.2, -0.15) is 0 Å². The molecule has 106 valence electrons. The third kappa shape index (κ3) is 3.67. The van der Waals surface area contributed by atoms with Gasteiger partial charge in [-0.3, -0.25) is 4.98 Å². The Kier molecular flexibility index (Phi) is 4.91. The molecule has 0 aliphatic heterocycles. The minimum absolute atomic E-state index is 0.349. The topological polar surface area (TPSA) is 24.9 Å². The fourth-order valence-corrected chi connectivity index (χ4v) is 2.68. The van der Waals surface area contributed by atoms with E-state index in [0.717, 1.165) is 24.4 Å². The van der Waals surface area contributed by atoms with Gasteiger partial charge in [0.25, 0.3) is 0 Å². The van der Waals surface area contributed by atoms with Crippen molar-refractivity contribution >= 4 is 0 Å². The summed E-state index contributed by atoms with van der Waals surface area (Å²) in [6.45, 7) is 9.44. The molecule has 0 fully saturated rings. The van der Waals surface area contributed by atoms with E-state index in [1.54, 1.807) is 0 Å².